The summed E-state index contributed by atoms with van der Waals surface area (Å²) in [7, 11) is 0. The third-order valence-electron chi connectivity index (χ3n) is 7.92. The Morgan fingerprint density at radius 1 is 0.412 bits per heavy atom. The van der Waals surface area contributed by atoms with E-state index in [1.165, 1.54) is 154 Å². The SMILES string of the molecule is CCCCCCCCCCCCCCCC(C)(C)[NH+]([O-])CCCCCCCCCCCCCC. The highest BCUT2D eigenvalue weighted by Crippen LogP contribution is 2.16. The molecule has 0 aromatic heterocycles. The van der Waals surface area contributed by atoms with Crippen LogP contribution in [0.5, 0.6) is 0 Å². The van der Waals surface area contributed by atoms with E-state index in [1.807, 2.05) is 0 Å². The number of hydrogen-bond donors (Lipinski definition) is 1. The van der Waals surface area contributed by atoms with Gasteiger partial charge in [0.1, 0.15) is 0 Å². The number of unbranched alkanes of at least 4 members (excludes halogenated alkanes) is 23. The van der Waals surface area contributed by atoms with Gasteiger partial charge in [-0.05, 0) is 33.1 Å². The maximum Gasteiger partial charge on any atom is 0.0917 e. The molecule has 1 unspecified atom stereocenters. The second-order valence-electron chi connectivity index (χ2n) is 11.9. The van der Waals surface area contributed by atoms with E-state index in [4.69, 9.17) is 0 Å². The first-order valence-electron chi connectivity index (χ1n) is 16.1. The highest BCUT2D eigenvalue weighted by Gasteiger charge is 2.23. The lowest BCUT2D eigenvalue weighted by Gasteiger charge is -2.38. The van der Waals surface area contributed by atoms with Gasteiger partial charge < -0.3 is 10.3 Å². The average Bonchev–Trinajstić information content (AvgIpc) is 2.82. The van der Waals surface area contributed by atoms with Gasteiger partial charge in [-0.25, -0.2) is 0 Å². The third-order valence-corrected chi connectivity index (χ3v) is 7.92. The molecule has 0 fully saturated rings. The zero-order valence-corrected chi connectivity index (χ0v) is 24.5. The molecule has 0 radical (unpaired) electrons. The first-order valence-corrected chi connectivity index (χ1v) is 16.1. The Balaban J connectivity index is 3.44. The summed E-state index contributed by atoms with van der Waals surface area (Å²) in [5.74, 6) is 0. The van der Waals surface area contributed by atoms with E-state index in [9.17, 15) is 5.21 Å². The summed E-state index contributed by atoms with van der Waals surface area (Å²) in [5, 5.41) is 13.2. The zero-order chi connectivity index (χ0) is 25.2. The van der Waals surface area contributed by atoms with Crippen LogP contribution >= 0.6 is 0 Å². The number of quaternary nitrogens is 1. The fourth-order valence-electron chi connectivity index (χ4n) is 5.19. The molecule has 0 rings (SSSR count). The van der Waals surface area contributed by atoms with Gasteiger partial charge >= 0.3 is 0 Å². The quantitative estimate of drug-likeness (QED) is 0.0873. The molecule has 0 spiro atoms. The number of rotatable bonds is 28. The number of hydrogen-bond acceptors (Lipinski definition) is 1. The van der Waals surface area contributed by atoms with E-state index >= 15 is 0 Å². The van der Waals surface area contributed by atoms with Gasteiger partial charge in [-0.1, -0.05) is 155 Å². The predicted molar refractivity (Wildman–Crippen MR) is 155 cm³/mol. The van der Waals surface area contributed by atoms with Crippen LogP contribution in [-0.4, -0.2) is 12.1 Å². The van der Waals surface area contributed by atoms with Crippen LogP contribution in [0.3, 0.4) is 0 Å². The van der Waals surface area contributed by atoms with Crippen molar-refractivity contribution >= 4 is 0 Å². The fourth-order valence-corrected chi connectivity index (χ4v) is 5.19. The Morgan fingerprint density at radius 3 is 1.00 bits per heavy atom. The van der Waals surface area contributed by atoms with Crippen molar-refractivity contribution in [2.45, 2.75) is 200 Å². The lowest BCUT2D eigenvalue weighted by molar-refractivity contribution is -0.901. The van der Waals surface area contributed by atoms with E-state index in [1.54, 1.807) is 0 Å². The van der Waals surface area contributed by atoms with Gasteiger partial charge in [0, 0.05) is 6.42 Å². The van der Waals surface area contributed by atoms with Crippen LogP contribution in [0, 0.1) is 5.21 Å². The minimum atomic E-state index is -0.102. The van der Waals surface area contributed by atoms with Crippen molar-refractivity contribution in [2.24, 2.45) is 0 Å². The van der Waals surface area contributed by atoms with Crippen molar-refractivity contribution in [3.63, 3.8) is 0 Å². The van der Waals surface area contributed by atoms with Crippen LogP contribution in [0.4, 0.5) is 0 Å². The lowest BCUT2D eigenvalue weighted by Crippen LogP contribution is -3.15. The summed E-state index contributed by atoms with van der Waals surface area (Å²) >= 11 is 0. The van der Waals surface area contributed by atoms with Crippen LogP contribution in [0.2, 0.25) is 0 Å². The molecule has 0 aliphatic carbocycles. The Kier molecular flexibility index (Phi) is 25.9. The number of hydroxylamine groups is 2. The first-order chi connectivity index (χ1) is 16.5. The zero-order valence-electron chi connectivity index (χ0n) is 24.5. The van der Waals surface area contributed by atoms with Gasteiger partial charge in [0.15, 0.2) is 0 Å². The highest BCUT2D eigenvalue weighted by molar-refractivity contribution is 4.67. The van der Waals surface area contributed by atoms with Crippen LogP contribution in [-0.2, 0) is 0 Å². The topological polar surface area (TPSA) is 27.5 Å². The van der Waals surface area contributed by atoms with E-state index in [-0.39, 0.29) is 5.54 Å². The van der Waals surface area contributed by atoms with Crippen molar-refractivity contribution in [1.82, 2.24) is 0 Å². The molecule has 0 heterocycles. The van der Waals surface area contributed by atoms with Crippen LogP contribution in [0.1, 0.15) is 195 Å². The Labute approximate surface area is 217 Å². The standard InChI is InChI=1S/C32H67NO/c1-5-7-9-11-13-15-17-19-20-22-24-26-28-30-32(3,4)33(34)31-29-27-25-23-21-18-16-14-12-10-8-6-2/h33H,5-31H2,1-4H3. The molecule has 0 saturated heterocycles. The maximum absolute atomic E-state index is 12.7. The largest absolute Gasteiger partial charge is 0.634 e. The minimum Gasteiger partial charge on any atom is -0.634 e. The van der Waals surface area contributed by atoms with Gasteiger partial charge in [-0.2, -0.15) is 0 Å². The smallest absolute Gasteiger partial charge is 0.0917 e. The van der Waals surface area contributed by atoms with Gasteiger partial charge in [0.05, 0.1) is 12.1 Å². The Hall–Kier alpha value is -0.0800. The molecule has 1 N–H and O–H groups in total. The molecule has 0 aromatic carbocycles. The molecule has 206 valence electrons. The predicted octanol–water partition coefficient (Wildman–Crippen LogP) is 10.3. The highest BCUT2D eigenvalue weighted by atomic mass is 16.5. The summed E-state index contributed by atoms with van der Waals surface area (Å²) in [6, 6.07) is 0. The fraction of sp³-hybridized carbons (Fsp3) is 1.00. The molecular formula is C32H67NO. The second-order valence-corrected chi connectivity index (χ2v) is 11.9. The van der Waals surface area contributed by atoms with E-state index in [2.05, 4.69) is 27.7 Å². The molecule has 2 nitrogen and oxygen atoms in total. The second kappa shape index (κ2) is 26.0. The molecule has 2 heteroatoms. The van der Waals surface area contributed by atoms with E-state index < -0.39 is 0 Å². The summed E-state index contributed by atoms with van der Waals surface area (Å²) in [6.07, 6.45) is 35.5. The van der Waals surface area contributed by atoms with Crippen LogP contribution in [0.15, 0.2) is 0 Å². The molecule has 1 atom stereocenters. The van der Waals surface area contributed by atoms with Crippen molar-refractivity contribution in [1.29, 1.82) is 0 Å². The van der Waals surface area contributed by atoms with Gasteiger partial charge in [0.25, 0.3) is 0 Å². The Bertz CT molecular complexity index is 381. The van der Waals surface area contributed by atoms with Crippen molar-refractivity contribution in [3.05, 3.63) is 5.21 Å². The molecule has 0 saturated carbocycles. The van der Waals surface area contributed by atoms with Gasteiger partial charge in [-0.3, -0.25) is 0 Å². The summed E-state index contributed by atoms with van der Waals surface area (Å²) in [4.78, 5) is 0. The van der Waals surface area contributed by atoms with Gasteiger partial charge in [0.2, 0.25) is 0 Å². The summed E-state index contributed by atoms with van der Waals surface area (Å²) in [5.41, 5.74) is -0.102. The lowest BCUT2D eigenvalue weighted by atomic mass is 9.95. The molecule has 0 aliphatic heterocycles. The molecular weight excluding hydrogens is 414 g/mol. The third kappa shape index (κ3) is 23.7. The van der Waals surface area contributed by atoms with Gasteiger partial charge in [-0.15, -0.1) is 0 Å². The summed E-state index contributed by atoms with van der Waals surface area (Å²) < 4.78 is 0. The average molecular weight is 482 g/mol. The summed E-state index contributed by atoms with van der Waals surface area (Å²) in [6.45, 7) is 9.77. The normalized spacial score (nSPS) is 13.0. The van der Waals surface area contributed by atoms with Crippen molar-refractivity contribution < 1.29 is 5.06 Å². The van der Waals surface area contributed by atoms with E-state index in [0.717, 1.165) is 19.4 Å². The van der Waals surface area contributed by atoms with E-state index in [0.29, 0.717) is 5.06 Å². The Morgan fingerprint density at radius 2 is 0.676 bits per heavy atom. The molecule has 0 aromatic rings. The first kappa shape index (κ1) is 33.9. The minimum absolute atomic E-state index is 0.102. The van der Waals surface area contributed by atoms with Crippen molar-refractivity contribution in [3.8, 4) is 0 Å². The molecule has 34 heavy (non-hydrogen) atoms. The molecule has 0 bridgehead atoms. The maximum atomic E-state index is 12.7. The monoisotopic (exact) mass is 482 g/mol. The van der Waals surface area contributed by atoms with Crippen molar-refractivity contribution in [2.75, 3.05) is 6.54 Å². The number of nitrogens with one attached hydrogen (secondary N) is 1. The molecule has 0 amide bonds. The van der Waals surface area contributed by atoms with Crippen LogP contribution < -0.4 is 5.06 Å². The van der Waals surface area contributed by atoms with Crippen LogP contribution in [0.25, 0.3) is 0 Å². The molecule has 0 aliphatic rings.